The maximum atomic E-state index is 14.2. The molecule has 0 aliphatic heterocycles. The zero-order chi connectivity index (χ0) is 17.8. The molecule has 3 nitrogen and oxygen atoms in total. The highest BCUT2D eigenvalue weighted by molar-refractivity contribution is 8.04. The van der Waals surface area contributed by atoms with E-state index in [1.54, 1.807) is 30.3 Å². The molecule has 1 aromatic heterocycles. The van der Waals surface area contributed by atoms with E-state index >= 15 is 0 Å². The normalized spacial score (nSPS) is 10.1. The van der Waals surface area contributed by atoms with Gasteiger partial charge in [0.1, 0.15) is 17.0 Å². The molecule has 0 spiro atoms. The van der Waals surface area contributed by atoms with Crippen molar-refractivity contribution in [3.05, 3.63) is 77.8 Å². The van der Waals surface area contributed by atoms with Gasteiger partial charge in [-0.3, -0.25) is 4.98 Å². The third-order valence-electron chi connectivity index (χ3n) is 3.55. The van der Waals surface area contributed by atoms with Crippen molar-refractivity contribution in [2.75, 3.05) is 0 Å². The van der Waals surface area contributed by atoms with Crippen LogP contribution in [-0.4, -0.2) is 4.98 Å². The van der Waals surface area contributed by atoms with Crippen LogP contribution in [0.2, 0.25) is 0 Å². The summed E-state index contributed by atoms with van der Waals surface area (Å²) in [5.74, 6) is -1.40. The first-order valence-electron chi connectivity index (χ1n) is 7.13. The van der Waals surface area contributed by atoms with E-state index in [0.29, 0.717) is 27.4 Å². The molecule has 0 saturated carbocycles. The van der Waals surface area contributed by atoms with Gasteiger partial charge in [-0.1, -0.05) is 24.3 Å². The summed E-state index contributed by atoms with van der Waals surface area (Å²) in [7, 11) is 0. The van der Waals surface area contributed by atoms with Crippen LogP contribution >= 0.6 is 11.8 Å². The Morgan fingerprint density at radius 3 is 2.56 bits per heavy atom. The molecule has 0 amide bonds. The third kappa shape index (κ3) is 3.21. The molecule has 25 heavy (non-hydrogen) atoms. The minimum Gasteiger partial charge on any atom is -0.255 e. The van der Waals surface area contributed by atoms with Crippen LogP contribution in [0.4, 0.5) is 14.5 Å². The number of aromatic nitrogens is 1. The van der Waals surface area contributed by atoms with Crippen LogP contribution in [0.3, 0.4) is 0 Å². The largest absolute Gasteiger partial charge is 0.255 e. The van der Waals surface area contributed by atoms with Gasteiger partial charge in [-0.2, -0.15) is 5.26 Å². The first kappa shape index (κ1) is 16.6. The first-order valence-corrected chi connectivity index (χ1v) is 7.94. The predicted molar refractivity (Wildman–Crippen MR) is 92.8 cm³/mol. The van der Waals surface area contributed by atoms with Crippen LogP contribution < -0.4 is 0 Å². The zero-order valence-electron chi connectivity index (χ0n) is 12.7. The summed E-state index contributed by atoms with van der Waals surface area (Å²) < 4.78 is 27.5. The van der Waals surface area contributed by atoms with Gasteiger partial charge in [0.05, 0.1) is 12.3 Å². The fraction of sp³-hybridized carbons (Fsp3) is 0. The van der Waals surface area contributed by atoms with Crippen molar-refractivity contribution < 1.29 is 8.78 Å². The molecule has 0 radical (unpaired) electrons. The average Bonchev–Trinajstić information content (AvgIpc) is 2.62. The third-order valence-corrected chi connectivity index (χ3v) is 4.27. The van der Waals surface area contributed by atoms with Crippen LogP contribution in [0.15, 0.2) is 59.6 Å². The maximum Gasteiger partial charge on any atom is 0.202 e. The molecule has 1 heterocycles. The van der Waals surface area contributed by atoms with Crippen LogP contribution in [0, 0.1) is 28.9 Å². The second-order valence-electron chi connectivity index (χ2n) is 4.98. The van der Waals surface area contributed by atoms with Gasteiger partial charge in [0.25, 0.3) is 0 Å². The number of halogens is 2. The highest BCUT2D eigenvalue weighted by atomic mass is 32.2. The Morgan fingerprint density at radius 2 is 1.84 bits per heavy atom. The Morgan fingerprint density at radius 1 is 1.04 bits per heavy atom. The molecular formula is C19H9F2N3S. The molecule has 3 rings (SSSR count). The van der Waals surface area contributed by atoms with Crippen LogP contribution in [0.1, 0.15) is 0 Å². The second-order valence-corrected chi connectivity index (χ2v) is 5.78. The summed E-state index contributed by atoms with van der Waals surface area (Å²) in [6.07, 6.45) is 1.51. The predicted octanol–water partition coefficient (Wildman–Crippen LogP) is 5.82. The lowest BCUT2D eigenvalue weighted by molar-refractivity contribution is 0.585. The van der Waals surface area contributed by atoms with E-state index in [1.807, 2.05) is 5.40 Å². The van der Waals surface area contributed by atoms with Crippen molar-refractivity contribution in [1.29, 1.82) is 5.26 Å². The van der Waals surface area contributed by atoms with E-state index in [2.05, 4.69) is 9.83 Å². The Balaban J connectivity index is 2.28. The van der Waals surface area contributed by atoms with E-state index in [-0.39, 0.29) is 5.56 Å². The smallest absolute Gasteiger partial charge is 0.202 e. The minimum atomic E-state index is -0.726. The van der Waals surface area contributed by atoms with Gasteiger partial charge < -0.3 is 0 Å². The molecule has 3 aromatic rings. The summed E-state index contributed by atoms with van der Waals surface area (Å²) in [6.45, 7) is 7.28. The summed E-state index contributed by atoms with van der Waals surface area (Å²) >= 11 is 0.869. The van der Waals surface area contributed by atoms with Crippen molar-refractivity contribution in [3.8, 4) is 27.8 Å². The lowest BCUT2D eigenvalue weighted by atomic mass is 9.98. The fourth-order valence-electron chi connectivity index (χ4n) is 2.50. The van der Waals surface area contributed by atoms with Gasteiger partial charge >= 0.3 is 0 Å². The molecule has 0 unspecified atom stereocenters. The Labute approximate surface area is 147 Å². The number of nitrogens with zero attached hydrogens (tertiary/aromatic N) is 3. The molecule has 0 N–H and O–H groups in total. The number of rotatable bonds is 3. The molecular weight excluding hydrogens is 340 g/mol. The number of hydrogen-bond acceptors (Lipinski definition) is 3. The maximum absolute atomic E-state index is 14.2. The molecule has 0 aliphatic rings. The topological polar surface area (TPSA) is 41.0 Å². The van der Waals surface area contributed by atoms with E-state index in [0.717, 1.165) is 23.9 Å². The quantitative estimate of drug-likeness (QED) is 0.340. The fourth-order valence-corrected chi connectivity index (χ4v) is 3.09. The molecule has 0 aliphatic carbocycles. The van der Waals surface area contributed by atoms with E-state index in [1.165, 1.54) is 12.3 Å². The SMILES string of the molecule is [C-]#[N+]c1cccc(-c2cccnc2-c2ccc(F)cc2F)c1SC#N. The minimum absolute atomic E-state index is 0.151. The second kappa shape index (κ2) is 7.12. The average molecular weight is 349 g/mol. The molecule has 6 heteroatoms. The van der Waals surface area contributed by atoms with E-state index in [9.17, 15) is 8.78 Å². The van der Waals surface area contributed by atoms with Crippen molar-refractivity contribution in [1.82, 2.24) is 4.98 Å². The van der Waals surface area contributed by atoms with Gasteiger partial charge in [0.2, 0.25) is 5.69 Å². The zero-order valence-corrected chi connectivity index (χ0v) is 13.5. The van der Waals surface area contributed by atoms with Gasteiger partial charge in [0.15, 0.2) is 0 Å². The molecule has 0 atom stereocenters. The number of thioether (sulfide) groups is 1. The standard InChI is InChI=1S/C19H9F2N3S/c1-23-17-6-2-4-14(19(17)25-11-22)13-5-3-9-24-18(13)15-8-7-12(20)10-16(15)21/h2-10H. The number of benzene rings is 2. The summed E-state index contributed by atoms with van der Waals surface area (Å²) in [4.78, 5) is 8.16. The molecule has 120 valence electrons. The monoisotopic (exact) mass is 349 g/mol. The summed E-state index contributed by atoms with van der Waals surface area (Å²) in [6, 6.07) is 11.8. The van der Waals surface area contributed by atoms with E-state index < -0.39 is 11.6 Å². The van der Waals surface area contributed by atoms with Crippen LogP contribution in [-0.2, 0) is 0 Å². The van der Waals surface area contributed by atoms with Crippen LogP contribution in [0.5, 0.6) is 0 Å². The van der Waals surface area contributed by atoms with Crippen molar-refractivity contribution in [3.63, 3.8) is 0 Å². The Hall–Kier alpha value is -3.22. The molecule has 0 fully saturated rings. The number of thiocyanates is 1. The summed E-state index contributed by atoms with van der Waals surface area (Å²) in [5, 5.41) is 11.0. The van der Waals surface area contributed by atoms with Crippen LogP contribution in [0.25, 0.3) is 27.2 Å². The lowest BCUT2D eigenvalue weighted by Gasteiger charge is -2.13. The highest BCUT2D eigenvalue weighted by Crippen LogP contribution is 2.41. The van der Waals surface area contributed by atoms with E-state index in [4.69, 9.17) is 11.8 Å². The molecule has 2 aromatic carbocycles. The van der Waals surface area contributed by atoms with Crippen molar-refractivity contribution >= 4 is 17.4 Å². The summed E-state index contributed by atoms with van der Waals surface area (Å²) in [5.41, 5.74) is 1.97. The molecule has 0 bridgehead atoms. The van der Waals surface area contributed by atoms with Gasteiger partial charge in [-0.25, -0.2) is 13.6 Å². The lowest BCUT2D eigenvalue weighted by Crippen LogP contribution is -1.94. The highest BCUT2D eigenvalue weighted by Gasteiger charge is 2.17. The Kier molecular flexibility index (Phi) is 4.74. The van der Waals surface area contributed by atoms with Gasteiger partial charge in [0, 0.05) is 28.3 Å². The number of nitriles is 1. The first-order chi connectivity index (χ1) is 12.2. The number of pyridine rings is 1. The van der Waals surface area contributed by atoms with Crippen molar-refractivity contribution in [2.24, 2.45) is 0 Å². The molecule has 0 saturated heterocycles. The van der Waals surface area contributed by atoms with Gasteiger partial charge in [-0.15, -0.1) is 0 Å². The number of hydrogen-bond donors (Lipinski definition) is 0. The Bertz CT molecular complexity index is 1040. The van der Waals surface area contributed by atoms with Gasteiger partial charge in [-0.05, 0) is 35.5 Å². The van der Waals surface area contributed by atoms with Crippen molar-refractivity contribution in [2.45, 2.75) is 4.90 Å².